The molecular weight excluding hydrogens is 410 g/mol. The Balaban J connectivity index is 1.62. The predicted octanol–water partition coefficient (Wildman–Crippen LogP) is 2.83. The summed E-state index contributed by atoms with van der Waals surface area (Å²) < 4.78 is 6.68. The first-order valence-electron chi connectivity index (χ1n) is 8.61. The summed E-state index contributed by atoms with van der Waals surface area (Å²) in [4.78, 5) is 25.6. The number of benzene rings is 1. The van der Waals surface area contributed by atoms with Gasteiger partial charge >= 0.3 is 0 Å². The summed E-state index contributed by atoms with van der Waals surface area (Å²) in [5.41, 5.74) is 2.51. The molecule has 0 saturated heterocycles. The van der Waals surface area contributed by atoms with Crippen LogP contribution in [0.2, 0.25) is 0 Å². The van der Waals surface area contributed by atoms with Crippen LogP contribution in [0.25, 0.3) is 22.6 Å². The zero-order valence-corrected chi connectivity index (χ0v) is 17.1. The number of nitrogens with one attached hydrogen (secondary N) is 2. The fourth-order valence-corrected chi connectivity index (χ4v) is 3.05. The number of aromatic nitrogens is 3. The largest absolute Gasteiger partial charge is 0.494 e. The molecule has 0 aliphatic rings. The van der Waals surface area contributed by atoms with Crippen molar-refractivity contribution in [3.8, 4) is 17.1 Å². The van der Waals surface area contributed by atoms with Crippen LogP contribution in [0.1, 0.15) is 6.42 Å². The van der Waals surface area contributed by atoms with Gasteiger partial charge in [0.1, 0.15) is 11.6 Å². The van der Waals surface area contributed by atoms with Gasteiger partial charge in [-0.2, -0.15) is 0 Å². The molecule has 1 unspecified atom stereocenters. The summed E-state index contributed by atoms with van der Waals surface area (Å²) in [6.45, 7) is 0.451. The summed E-state index contributed by atoms with van der Waals surface area (Å²) in [6, 6.07) is 9.39. The summed E-state index contributed by atoms with van der Waals surface area (Å²) in [6.07, 6.45) is 2.32. The van der Waals surface area contributed by atoms with Crippen LogP contribution < -0.4 is 10.1 Å². The zero-order valence-electron chi connectivity index (χ0n) is 15.5. The number of carbonyl (C=O) groups is 1. The first-order chi connectivity index (χ1) is 13.0. The molecule has 2 heterocycles. The lowest BCUT2D eigenvalue weighted by Gasteiger charge is -2.20. The van der Waals surface area contributed by atoms with E-state index in [9.17, 15) is 4.79 Å². The summed E-state index contributed by atoms with van der Waals surface area (Å²) in [5.74, 6) is 1.55. The van der Waals surface area contributed by atoms with Crippen LogP contribution in [-0.4, -0.2) is 59.6 Å². The van der Waals surface area contributed by atoms with Gasteiger partial charge in [0.15, 0.2) is 5.65 Å². The van der Waals surface area contributed by atoms with Crippen molar-refractivity contribution in [2.45, 2.75) is 12.5 Å². The van der Waals surface area contributed by atoms with E-state index in [2.05, 4.69) is 36.2 Å². The highest BCUT2D eigenvalue weighted by molar-refractivity contribution is 9.10. The maximum absolute atomic E-state index is 12.0. The molecule has 142 valence electrons. The average molecular weight is 432 g/mol. The minimum Gasteiger partial charge on any atom is -0.494 e. The average Bonchev–Trinajstić information content (AvgIpc) is 3.08. The third-order valence-electron chi connectivity index (χ3n) is 4.19. The normalized spacial score (nSPS) is 12.1. The molecule has 1 atom stereocenters. The number of hydrogen-bond acceptors (Lipinski definition) is 5. The number of pyridine rings is 1. The first-order valence-corrected chi connectivity index (χ1v) is 9.40. The lowest BCUT2D eigenvalue weighted by atomic mass is 10.2. The maximum atomic E-state index is 12.0. The second-order valence-electron chi connectivity index (χ2n) is 6.35. The fraction of sp³-hybridized carbons (Fsp3) is 0.316. The molecule has 27 heavy (non-hydrogen) atoms. The quantitative estimate of drug-likeness (QED) is 0.600. The predicted molar refractivity (Wildman–Crippen MR) is 109 cm³/mol. The van der Waals surface area contributed by atoms with Gasteiger partial charge in [-0.3, -0.25) is 4.79 Å². The lowest BCUT2D eigenvalue weighted by molar-refractivity contribution is -0.131. The highest BCUT2D eigenvalue weighted by Gasteiger charge is 2.17. The molecule has 8 heteroatoms. The molecule has 1 amide bonds. The maximum Gasteiger partial charge on any atom is 0.239 e. The summed E-state index contributed by atoms with van der Waals surface area (Å²) >= 11 is 3.41. The molecule has 0 aliphatic carbocycles. The number of rotatable bonds is 7. The first kappa shape index (κ1) is 19.3. The summed E-state index contributed by atoms with van der Waals surface area (Å²) in [7, 11) is 5.28. The molecule has 0 radical (unpaired) electrons. The van der Waals surface area contributed by atoms with Crippen molar-refractivity contribution < 1.29 is 9.53 Å². The molecule has 2 aromatic heterocycles. The molecule has 3 aromatic rings. The third kappa shape index (κ3) is 4.64. The molecule has 7 nitrogen and oxygen atoms in total. The van der Waals surface area contributed by atoms with Crippen molar-refractivity contribution in [1.82, 2.24) is 25.2 Å². The van der Waals surface area contributed by atoms with E-state index in [1.54, 1.807) is 32.2 Å². The van der Waals surface area contributed by atoms with E-state index in [1.807, 2.05) is 30.3 Å². The molecule has 3 rings (SSSR count). The van der Waals surface area contributed by atoms with Crippen LogP contribution >= 0.6 is 15.9 Å². The Labute approximate surface area is 166 Å². The van der Waals surface area contributed by atoms with Crippen LogP contribution in [0.3, 0.4) is 0 Å². The Kier molecular flexibility index (Phi) is 6.08. The second kappa shape index (κ2) is 8.49. The minimum atomic E-state index is -0.248. The molecule has 2 N–H and O–H groups in total. The Hall–Kier alpha value is -2.45. The zero-order chi connectivity index (χ0) is 19.4. The number of aromatic amines is 1. The Morgan fingerprint density at radius 3 is 2.74 bits per heavy atom. The monoisotopic (exact) mass is 431 g/mol. The Morgan fingerprint density at radius 2 is 2.07 bits per heavy atom. The molecule has 0 bridgehead atoms. The van der Waals surface area contributed by atoms with Gasteiger partial charge in [0.2, 0.25) is 5.91 Å². The van der Waals surface area contributed by atoms with Gasteiger partial charge in [-0.25, -0.2) is 9.97 Å². The van der Waals surface area contributed by atoms with Crippen molar-refractivity contribution in [1.29, 1.82) is 0 Å². The SMILES string of the molecule is CNC(CCOc1ccc(-c2nc3ncc(Br)cc3[nH]2)cc1)C(=O)N(C)C. The van der Waals surface area contributed by atoms with Crippen molar-refractivity contribution in [2.75, 3.05) is 27.7 Å². The van der Waals surface area contributed by atoms with Crippen LogP contribution in [-0.2, 0) is 4.79 Å². The van der Waals surface area contributed by atoms with E-state index in [4.69, 9.17) is 4.74 Å². The van der Waals surface area contributed by atoms with E-state index in [1.165, 1.54) is 0 Å². The number of fused-ring (bicyclic) bond motifs is 1. The Morgan fingerprint density at radius 1 is 1.33 bits per heavy atom. The highest BCUT2D eigenvalue weighted by atomic mass is 79.9. The number of likely N-dealkylation sites (N-methyl/N-ethyl adjacent to an activating group) is 2. The molecule has 1 aromatic carbocycles. The Bertz CT molecular complexity index is 923. The van der Waals surface area contributed by atoms with Gasteiger partial charge in [0.05, 0.1) is 18.2 Å². The number of nitrogens with zero attached hydrogens (tertiary/aromatic N) is 3. The van der Waals surface area contributed by atoms with E-state index < -0.39 is 0 Å². The lowest BCUT2D eigenvalue weighted by Crippen LogP contribution is -2.42. The van der Waals surface area contributed by atoms with E-state index in [-0.39, 0.29) is 11.9 Å². The van der Waals surface area contributed by atoms with Crippen molar-refractivity contribution in [3.63, 3.8) is 0 Å². The van der Waals surface area contributed by atoms with Crippen molar-refractivity contribution in [2.24, 2.45) is 0 Å². The van der Waals surface area contributed by atoms with Gasteiger partial charge in [0, 0.05) is 36.7 Å². The van der Waals surface area contributed by atoms with Crippen molar-refractivity contribution in [3.05, 3.63) is 41.0 Å². The van der Waals surface area contributed by atoms with Crippen LogP contribution in [0.15, 0.2) is 41.0 Å². The number of H-pyrrole nitrogens is 1. The number of imidazole rings is 1. The highest BCUT2D eigenvalue weighted by Crippen LogP contribution is 2.23. The third-order valence-corrected chi connectivity index (χ3v) is 4.63. The topological polar surface area (TPSA) is 83.1 Å². The smallest absolute Gasteiger partial charge is 0.239 e. The van der Waals surface area contributed by atoms with E-state index in [0.717, 1.165) is 27.1 Å². The molecular formula is C19H22BrN5O2. The van der Waals surface area contributed by atoms with Gasteiger partial charge in [-0.15, -0.1) is 0 Å². The number of hydrogen-bond donors (Lipinski definition) is 2. The van der Waals surface area contributed by atoms with Crippen LogP contribution in [0.5, 0.6) is 5.75 Å². The summed E-state index contributed by atoms with van der Waals surface area (Å²) in [5, 5.41) is 3.02. The van der Waals surface area contributed by atoms with Gasteiger partial charge in [-0.05, 0) is 53.3 Å². The minimum absolute atomic E-state index is 0.0431. The number of carbonyl (C=O) groups excluding carboxylic acids is 1. The van der Waals surface area contributed by atoms with E-state index in [0.29, 0.717) is 18.7 Å². The number of halogens is 1. The molecule has 0 saturated carbocycles. The van der Waals surface area contributed by atoms with Crippen LogP contribution in [0, 0.1) is 0 Å². The van der Waals surface area contributed by atoms with Gasteiger partial charge < -0.3 is 19.9 Å². The second-order valence-corrected chi connectivity index (χ2v) is 7.26. The van der Waals surface area contributed by atoms with E-state index >= 15 is 0 Å². The molecule has 0 fully saturated rings. The number of amides is 1. The molecule has 0 aliphatic heterocycles. The molecule has 0 spiro atoms. The number of ether oxygens (including phenoxy) is 1. The van der Waals surface area contributed by atoms with Gasteiger partial charge in [0.25, 0.3) is 0 Å². The standard InChI is InChI=1S/C19H22BrN5O2/c1-21-15(19(26)25(2)3)8-9-27-14-6-4-12(5-7-14)17-23-16-10-13(20)11-22-18(16)24-17/h4-7,10-11,15,21H,8-9H2,1-3H3,(H,22,23,24). The van der Waals surface area contributed by atoms with Crippen LogP contribution in [0.4, 0.5) is 0 Å². The fourth-order valence-electron chi connectivity index (χ4n) is 2.72. The van der Waals surface area contributed by atoms with Crippen molar-refractivity contribution >= 4 is 33.0 Å². The van der Waals surface area contributed by atoms with Gasteiger partial charge in [-0.1, -0.05) is 0 Å².